The first-order chi connectivity index (χ1) is 30.7. The van der Waals surface area contributed by atoms with Gasteiger partial charge in [-0.1, -0.05) is 176 Å². The highest BCUT2D eigenvalue weighted by atomic mass is 32.1. The highest BCUT2D eigenvalue weighted by molar-refractivity contribution is 7.26. The maximum atomic E-state index is 6.65. The van der Waals surface area contributed by atoms with Gasteiger partial charge >= 0.3 is 0 Å². The molecule has 62 heavy (non-hydrogen) atoms. The Labute approximate surface area is 360 Å². The van der Waals surface area contributed by atoms with Crippen molar-refractivity contribution < 1.29 is 4.42 Å². The van der Waals surface area contributed by atoms with Crippen LogP contribution < -0.4 is 0 Å². The van der Waals surface area contributed by atoms with E-state index >= 15 is 0 Å². The van der Waals surface area contributed by atoms with Gasteiger partial charge in [0.15, 0.2) is 23.3 Å². The molecule has 8 aromatic carbocycles. The Bertz CT molecular complexity index is 3550. The summed E-state index contributed by atoms with van der Waals surface area (Å²) in [6, 6.07) is 68.7. The maximum absolute atomic E-state index is 6.65. The molecule has 0 aliphatic heterocycles. The minimum absolute atomic E-state index is 0.602. The number of hydrogen-bond acceptors (Lipinski definition) is 7. The SMILES string of the molecule is c1ccc(-c2ccc(-c3nc(-c4ccc(-c5cccc6c5oc5ccc(-c7nc(-c8ccccc8)nc(-c8ccccc8)n7)cc56)cc4)c4sc5ccccc5c4n3)cc2)cc1. The lowest BCUT2D eigenvalue weighted by atomic mass is 9.99. The number of nitrogens with zero attached hydrogens (tertiary/aromatic N) is 5. The summed E-state index contributed by atoms with van der Waals surface area (Å²) in [5, 5.41) is 3.16. The fraction of sp³-hybridized carbons (Fsp3) is 0. The topological polar surface area (TPSA) is 77.6 Å². The van der Waals surface area contributed by atoms with Gasteiger partial charge in [-0.15, -0.1) is 11.3 Å². The van der Waals surface area contributed by atoms with Crippen LogP contribution in [-0.2, 0) is 0 Å². The van der Waals surface area contributed by atoms with Crippen LogP contribution in [0.2, 0.25) is 0 Å². The molecule has 0 aliphatic carbocycles. The molecule has 0 bridgehead atoms. The summed E-state index contributed by atoms with van der Waals surface area (Å²) in [5.74, 6) is 2.56. The van der Waals surface area contributed by atoms with E-state index in [-0.39, 0.29) is 0 Å². The third-order valence-electron chi connectivity index (χ3n) is 11.4. The summed E-state index contributed by atoms with van der Waals surface area (Å²) in [4.78, 5) is 25.3. The summed E-state index contributed by atoms with van der Waals surface area (Å²) in [6.45, 7) is 0. The monoisotopic (exact) mass is 811 g/mol. The van der Waals surface area contributed by atoms with Crippen LogP contribution in [0.15, 0.2) is 205 Å². The molecule has 0 N–H and O–H groups in total. The third-order valence-corrected chi connectivity index (χ3v) is 12.6. The highest BCUT2D eigenvalue weighted by Gasteiger charge is 2.19. The van der Waals surface area contributed by atoms with Gasteiger partial charge in [-0.2, -0.15) is 0 Å². The number of furan rings is 1. The lowest BCUT2D eigenvalue weighted by Gasteiger charge is -2.09. The van der Waals surface area contributed by atoms with E-state index < -0.39 is 0 Å². The summed E-state index contributed by atoms with van der Waals surface area (Å²) in [6.07, 6.45) is 0. The summed E-state index contributed by atoms with van der Waals surface area (Å²) in [7, 11) is 0. The van der Waals surface area contributed by atoms with Gasteiger partial charge in [-0.25, -0.2) is 24.9 Å². The van der Waals surface area contributed by atoms with Crippen LogP contribution >= 0.6 is 11.3 Å². The van der Waals surface area contributed by atoms with Crippen molar-refractivity contribution in [2.24, 2.45) is 0 Å². The van der Waals surface area contributed by atoms with Crippen molar-refractivity contribution in [2.45, 2.75) is 0 Å². The summed E-state index contributed by atoms with van der Waals surface area (Å²) >= 11 is 1.74. The molecule has 4 heterocycles. The molecule has 0 unspecified atom stereocenters. The number of benzene rings is 8. The normalized spacial score (nSPS) is 11.5. The van der Waals surface area contributed by atoms with Crippen molar-refractivity contribution in [3.05, 3.63) is 200 Å². The standard InChI is InChI=1S/C55H33N5OS/c1-4-13-34(14-5-1)35-23-29-40(30-24-35)52-56-48(51-49(57-52)44-19-10-11-22-47(44)62-51)37-27-25-36(26-28-37)42-20-12-21-43-45-33-41(31-32-46(45)61-50(42)43)55-59-53(38-15-6-2-7-16-38)58-54(60-55)39-17-8-3-9-18-39/h1-33H. The summed E-state index contributed by atoms with van der Waals surface area (Å²) in [5.41, 5.74) is 12.7. The van der Waals surface area contributed by atoms with Crippen LogP contribution in [0.3, 0.4) is 0 Å². The zero-order chi connectivity index (χ0) is 41.0. The van der Waals surface area contributed by atoms with E-state index in [4.69, 9.17) is 29.3 Å². The van der Waals surface area contributed by atoms with Crippen LogP contribution in [0.1, 0.15) is 0 Å². The Kier molecular flexibility index (Phi) is 8.57. The van der Waals surface area contributed by atoms with Gasteiger partial charge < -0.3 is 4.42 Å². The second kappa shape index (κ2) is 14.9. The van der Waals surface area contributed by atoms with Gasteiger partial charge in [0.2, 0.25) is 0 Å². The van der Waals surface area contributed by atoms with E-state index in [2.05, 4.69) is 121 Å². The number of aromatic nitrogens is 5. The van der Waals surface area contributed by atoms with Crippen molar-refractivity contribution in [2.75, 3.05) is 0 Å². The first-order valence-electron chi connectivity index (χ1n) is 20.5. The zero-order valence-corrected chi connectivity index (χ0v) is 33.9. The number of hydrogen-bond donors (Lipinski definition) is 0. The lowest BCUT2D eigenvalue weighted by Crippen LogP contribution is -2.00. The average molecular weight is 812 g/mol. The van der Waals surface area contributed by atoms with Gasteiger partial charge in [0.25, 0.3) is 0 Å². The van der Waals surface area contributed by atoms with Crippen molar-refractivity contribution in [3.8, 4) is 79.1 Å². The fourth-order valence-corrected chi connectivity index (χ4v) is 9.42. The first kappa shape index (κ1) is 35.8. The molecule has 0 atom stereocenters. The molecule has 0 fully saturated rings. The quantitative estimate of drug-likeness (QED) is 0.160. The minimum Gasteiger partial charge on any atom is -0.455 e. The van der Waals surface area contributed by atoms with Crippen LogP contribution in [0.5, 0.6) is 0 Å². The molecule has 0 saturated carbocycles. The Balaban J connectivity index is 0.929. The third kappa shape index (κ3) is 6.31. The highest BCUT2D eigenvalue weighted by Crippen LogP contribution is 2.42. The maximum Gasteiger partial charge on any atom is 0.164 e. The lowest BCUT2D eigenvalue weighted by molar-refractivity contribution is 0.670. The van der Waals surface area contributed by atoms with Crippen molar-refractivity contribution in [3.63, 3.8) is 0 Å². The molecule has 7 heteroatoms. The van der Waals surface area contributed by atoms with E-state index in [1.165, 1.54) is 10.3 Å². The predicted octanol–water partition coefficient (Wildman–Crippen LogP) is 14.6. The molecule has 0 saturated heterocycles. The Morgan fingerprint density at radius 2 is 0.839 bits per heavy atom. The number of rotatable bonds is 7. The summed E-state index contributed by atoms with van der Waals surface area (Å²) < 4.78 is 8.91. The predicted molar refractivity (Wildman–Crippen MR) is 254 cm³/mol. The largest absolute Gasteiger partial charge is 0.455 e. The molecule has 0 spiro atoms. The average Bonchev–Trinajstić information content (AvgIpc) is 3.93. The molecule has 0 aliphatic rings. The second-order valence-electron chi connectivity index (χ2n) is 15.2. The number of para-hydroxylation sites is 1. The van der Waals surface area contributed by atoms with Crippen molar-refractivity contribution in [1.29, 1.82) is 0 Å². The molecular formula is C55H33N5OS. The van der Waals surface area contributed by atoms with Gasteiger partial charge in [0, 0.05) is 54.2 Å². The Morgan fingerprint density at radius 1 is 0.339 bits per heavy atom. The van der Waals surface area contributed by atoms with Crippen molar-refractivity contribution >= 4 is 53.6 Å². The Morgan fingerprint density at radius 3 is 1.53 bits per heavy atom. The van der Waals surface area contributed by atoms with E-state index in [9.17, 15) is 0 Å². The van der Waals surface area contributed by atoms with E-state index in [0.717, 1.165) is 87.7 Å². The molecule has 0 amide bonds. The number of fused-ring (bicyclic) bond motifs is 6. The second-order valence-corrected chi connectivity index (χ2v) is 16.3. The molecule has 12 rings (SSSR count). The Hall–Kier alpha value is -8.13. The number of thiophene rings is 1. The molecule has 0 radical (unpaired) electrons. The smallest absolute Gasteiger partial charge is 0.164 e. The molecular weight excluding hydrogens is 779 g/mol. The van der Waals surface area contributed by atoms with Gasteiger partial charge in [-0.05, 0) is 41.0 Å². The molecule has 12 aromatic rings. The van der Waals surface area contributed by atoms with Gasteiger partial charge in [0.1, 0.15) is 11.2 Å². The van der Waals surface area contributed by atoms with Crippen LogP contribution in [0.25, 0.3) is 121 Å². The van der Waals surface area contributed by atoms with E-state index in [0.29, 0.717) is 23.3 Å². The van der Waals surface area contributed by atoms with Gasteiger partial charge in [0.05, 0.1) is 15.9 Å². The van der Waals surface area contributed by atoms with E-state index in [1.54, 1.807) is 11.3 Å². The van der Waals surface area contributed by atoms with Crippen LogP contribution in [0.4, 0.5) is 0 Å². The van der Waals surface area contributed by atoms with Crippen molar-refractivity contribution in [1.82, 2.24) is 24.9 Å². The van der Waals surface area contributed by atoms with Crippen LogP contribution in [0, 0.1) is 0 Å². The van der Waals surface area contributed by atoms with E-state index in [1.807, 2.05) is 78.9 Å². The minimum atomic E-state index is 0.602. The first-order valence-corrected chi connectivity index (χ1v) is 21.3. The molecule has 4 aromatic heterocycles. The van der Waals surface area contributed by atoms with Gasteiger partial charge in [-0.3, -0.25) is 0 Å². The van der Waals surface area contributed by atoms with Crippen LogP contribution in [-0.4, -0.2) is 24.9 Å². The zero-order valence-electron chi connectivity index (χ0n) is 33.1. The molecule has 290 valence electrons. The molecule has 6 nitrogen and oxygen atoms in total. The fourth-order valence-electron chi connectivity index (χ4n) is 8.27.